The molecule has 7 heteroatoms. The van der Waals surface area contributed by atoms with Crippen LogP contribution in [0.5, 0.6) is 0 Å². The number of hydrogen-bond donors (Lipinski definition) is 0. The van der Waals surface area contributed by atoms with Crippen LogP contribution < -0.4 is 5.19 Å². The molecule has 0 spiro atoms. The van der Waals surface area contributed by atoms with Crippen LogP contribution in [-0.2, 0) is 31.9 Å². The molecule has 4 heterocycles. The number of aromatic nitrogens is 4. The first-order valence-electron chi connectivity index (χ1n) is 23.1. The van der Waals surface area contributed by atoms with Crippen LogP contribution in [0.15, 0.2) is 156 Å². The van der Waals surface area contributed by atoms with E-state index in [1.54, 1.807) is 0 Å². The summed E-state index contributed by atoms with van der Waals surface area (Å²) in [5, 5.41) is 3.46. The molecule has 0 aliphatic carbocycles. The number of aryl methyl sites for hydroxylation is 2. The molecule has 0 saturated carbocycles. The zero-order valence-electron chi connectivity index (χ0n) is 40.2. The zero-order chi connectivity index (χ0) is 46.3. The number of imidazole rings is 1. The second kappa shape index (κ2) is 19.2. The minimum atomic E-state index is -1.34. The van der Waals surface area contributed by atoms with E-state index in [9.17, 15) is 0 Å². The number of para-hydroxylation sites is 2. The van der Waals surface area contributed by atoms with Gasteiger partial charge in [0.05, 0.1) is 36.2 Å². The molecule has 4 aromatic heterocycles. The second-order valence-corrected chi connectivity index (χ2v) is 25.0. The maximum absolute atomic E-state index is 6.65. The van der Waals surface area contributed by atoms with Gasteiger partial charge in [0.25, 0.3) is 0 Å². The second-order valence-electron chi connectivity index (χ2n) is 20.0. The third-order valence-electron chi connectivity index (χ3n) is 12.4. The fourth-order valence-electron chi connectivity index (χ4n) is 9.11. The molecule has 0 unspecified atom stereocenters. The van der Waals surface area contributed by atoms with Crippen LogP contribution in [0.1, 0.15) is 56.9 Å². The Bertz CT molecular complexity index is 3340. The Balaban J connectivity index is 0.000000244. The summed E-state index contributed by atoms with van der Waals surface area (Å²) < 4.78 is 8.91. The fourth-order valence-corrected chi connectivity index (χ4v) is 10.7. The Kier molecular flexibility index (Phi) is 13.5. The minimum Gasteiger partial charge on any atom is -0.486 e. The largest absolute Gasteiger partial charge is 0.486 e. The van der Waals surface area contributed by atoms with Crippen LogP contribution in [0.3, 0.4) is 0 Å². The summed E-state index contributed by atoms with van der Waals surface area (Å²) in [7, 11) is -1.34. The Morgan fingerprint density at radius 3 is 2.13 bits per heavy atom. The van der Waals surface area contributed by atoms with E-state index >= 15 is 0 Å². The van der Waals surface area contributed by atoms with Gasteiger partial charge in [-0.3, -0.25) is 4.98 Å². The molecule has 1 radical (unpaired) electrons. The number of fused-ring (bicyclic) bond motifs is 4. The summed E-state index contributed by atoms with van der Waals surface area (Å²) in [4.78, 5) is 15.0. The van der Waals surface area contributed by atoms with Crippen molar-refractivity contribution in [2.45, 2.75) is 79.9 Å². The zero-order valence-corrected chi connectivity index (χ0v) is 43.6. The summed E-state index contributed by atoms with van der Waals surface area (Å²) in [6, 6.07) is 57.4. The van der Waals surface area contributed by atoms with Gasteiger partial charge in [0.1, 0.15) is 0 Å². The van der Waals surface area contributed by atoms with E-state index in [-0.39, 0.29) is 25.5 Å². The molecule has 67 heavy (non-hydrogen) atoms. The summed E-state index contributed by atoms with van der Waals surface area (Å²) in [5.74, 6) is 1.45. The van der Waals surface area contributed by atoms with Crippen molar-refractivity contribution in [3.63, 3.8) is 0 Å². The van der Waals surface area contributed by atoms with Crippen LogP contribution in [0.2, 0.25) is 19.6 Å². The molecule has 6 aromatic carbocycles. The van der Waals surface area contributed by atoms with Gasteiger partial charge in [-0.15, -0.1) is 54.1 Å². The molecular weight excluding hydrogens is 1010 g/mol. The van der Waals surface area contributed by atoms with Gasteiger partial charge >= 0.3 is 0 Å². The smallest absolute Gasteiger partial charge is 0.216 e. The van der Waals surface area contributed by atoms with Crippen LogP contribution in [0.25, 0.3) is 83.8 Å². The monoisotopic (exact) mass is 1070 g/mol. The third kappa shape index (κ3) is 9.65. The van der Waals surface area contributed by atoms with E-state index in [0.29, 0.717) is 11.6 Å². The first-order valence-corrected chi connectivity index (χ1v) is 26.6. The number of benzene rings is 6. The number of nitrogens with zero attached hydrogens (tertiary/aromatic N) is 4. The molecule has 0 bridgehead atoms. The van der Waals surface area contributed by atoms with E-state index in [4.69, 9.17) is 14.4 Å². The average Bonchev–Trinajstić information content (AvgIpc) is 3.87. The number of furan rings is 1. The van der Waals surface area contributed by atoms with Gasteiger partial charge in [-0.05, 0) is 101 Å². The van der Waals surface area contributed by atoms with Crippen molar-refractivity contribution < 1.29 is 24.5 Å². The first-order chi connectivity index (χ1) is 31.7. The topological polar surface area (TPSA) is 56.7 Å². The molecule has 0 atom stereocenters. The fraction of sp³-hybridized carbons (Fsp3) is 0.217. The average molecular weight is 1070 g/mol. The van der Waals surface area contributed by atoms with Crippen molar-refractivity contribution in [2.75, 3.05) is 0 Å². The Labute approximate surface area is 410 Å². The minimum absolute atomic E-state index is 0. The van der Waals surface area contributed by atoms with Crippen molar-refractivity contribution in [1.29, 1.82) is 0 Å². The third-order valence-corrected chi connectivity index (χ3v) is 14.5. The van der Waals surface area contributed by atoms with Gasteiger partial charge in [-0.25, -0.2) is 4.98 Å². The van der Waals surface area contributed by atoms with Gasteiger partial charge < -0.3 is 14.0 Å². The van der Waals surface area contributed by atoms with Gasteiger partial charge in [0.15, 0.2) is 0 Å². The van der Waals surface area contributed by atoms with Crippen LogP contribution >= 0.6 is 0 Å². The molecule has 0 amide bonds. The van der Waals surface area contributed by atoms with Gasteiger partial charge in [-0.1, -0.05) is 144 Å². The van der Waals surface area contributed by atoms with Crippen molar-refractivity contribution in [1.82, 2.24) is 19.5 Å². The van der Waals surface area contributed by atoms with Crippen LogP contribution in [-0.4, -0.2) is 27.6 Å². The van der Waals surface area contributed by atoms with Crippen LogP contribution in [0, 0.1) is 31.9 Å². The van der Waals surface area contributed by atoms with E-state index < -0.39 is 8.07 Å². The molecule has 0 fully saturated rings. The summed E-state index contributed by atoms with van der Waals surface area (Å²) >= 11 is 0. The normalized spacial score (nSPS) is 11.8. The molecule has 10 rings (SSSR count). The summed E-state index contributed by atoms with van der Waals surface area (Å²) in [6.07, 6.45) is 3.24. The SMILES string of the molecule is CC(C)Cc1cc(-c2[c-]cccc2)ncc1[Si](C)(C)C.Cc1cccc(C)c1-c1ccc2c(n1)oc1c(-c3nc4ccccc4n3-c3ccc(C(C)(C)C)cc3-c3ccccc3)[c-]ccc12.[Ir]. The van der Waals surface area contributed by atoms with Crippen LogP contribution in [0.4, 0.5) is 0 Å². The summed E-state index contributed by atoms with van der Waals surface area (Å²) in [5.41, 5.74) is 16.7. The maximum Gasteiger partial charge on any atom is 0.216 e. The van der Waals surface area contributed by atoms with Crippen molar-refractivity contribution in [3.05, 3.63) is 186 Å². The molecule has 10 aromatic rings. The Morgan fingerprint density at radius 2 is 1.43 bits per heavy atom. The van der Waals surface area contributed by atoms with Gasteiger partial charge in [0.2, 0.25) is 5.71 Å². The molecular formula is C60H58IrN4OSi-2. The van der Waals surface area contributed by atoms with Gasteiger partial charge in [-0.2, -0.15) is 0 Å². The van der Waals surface area contributed by atoms with Crippen molar-refractivity contribution in [2.24, 2.45) is 5.92 Å². The standard InChI is InChI=1S/C42H34N3O.C18H24NSi.Ir/c1-26-13-11-14-27(2)38(26)35-23-22-31-30-17-12-18-32(39(30)46-41(31)44-35)40-43-34-19-9-10-20-37(34)45(40)36-24-21-29(42(3,4)5)25-33(36)28-15-7-6-8-16-28;1-14(2)11-16-12-17(15-9-7-6-8-10-15)19-13-18(16)20(3,4)5;/h6-17,19-25H,1-5H3;6-9,12-14H,11H2,1-5H3;/q2*-1;. The summed E-state index contributed by atoms with van der Waals surface area (Å²) in [6.45, 7) is 22.8. The van der Waals surface area contributed by atoms with E-state index in [2.05, 4.69) is 211 Å². The number of pyridine rings is 2. The Morgan fingerprint density at radius 1 is 0.701 bits per heavy atom. The van der Waals surface area contributed by atoms with E-state index in [1.807, 2.05) is 30.3 Å². The van der Waals surface area contributed by atoms with Crippen molar-refractivity contribution >= 4 is 46.4 Å². The predicted octanol–water partition coefficient (Wildman–Crippen LogP) is 15.3. The van der Waals surface area contributed by atoms with Gasteiger partial charge in [0, 0.05) is 48.5 Å². The molecule has 0 aliphatic rings. The molecule has 0 aliphatic heterocycles. The molecule has 5 nitrogen and oxygen atoms in total. The quantitative estimate of drug-likeness (QED) is 0.112. The number of rotatable bonds is 8. The molecule has 0 N–H and O–H groups in total. The molecule has 0 saturated heterocycles. The Hall–Kier alpha value is -6.24. The van der Waals surface area contributed by atoms with E-state index in [0.717, 1.165) is 84.5 Å². The van der Waals surface area contributed by atoms with Crippen molar-refractivity contribution in [3.8, 4) is 50.7 Å². The number of hydrogen-bond acceptors (Lipinski definition) is 4. The van der Waals surface area contributed by atoms with E-state index in [1.165, 1.54) is 27.4 Å². The maximum atomic E-state index is 6.65. The first kappa shape index (κ1) is 47.3. The predicted molar refractivity (Wildman–Crippen MR) is 279 cm³/mol. The molecule has 339 valence electrons.